The number of methoxy groups -OCH3 is 2. The average molecular weight is 491 g/mol. The van der Waals surface area contributed by atoms with Gasteiger partial charge < -0.3 is 29.9 Å². The molecule has 0 bridgehead atoms. The van der Waals surface area contributed by atoms with Gasteiger partial charge in [0, 0.05) is 58.6 Å². The molecule has 152 valence electrons. The van der Waals surface area contributed by atoms with Crippen LogP contribution in [0.15, 0.2) is 29.3 Å². The minimum atomic E-state index is -0.0711. The van der Waals surface area contributed by atoms with Crippen molar-refractivity contribution >= 4 is 41.5 Å². The Morgan fingerprint density at radius 1 is 1.19 bits per heavy atom. The van der Waals surface area contributed by atoms with E-state index < -0.39 is 0 Å². The van der Waals surface area contributed by atoms with Crippen LogP contribution in [0.2, 0.25) is 0 Å². The molecule has 1 saturated heterocycles. The molecular weight excluding hydrogens is 461 g/mol. The van der Waals surface area contributed by atoms with Gasteiger partial charge in [0.05, 0.1) is 20.3 Å². The van der Waals surface area contributed by atoms with Gasteiger partial charge in [0.2, 0.25) is 5.91 Å². The van der Waals surface area contributed by atoms with Crippen molar-refractivity contribution in [1.29, 1.82) is 0 Å². The van der Waals surface area contributed by atoms with Crippen LogP contribution in [0.5, 0.6) is 5.75 Å². The summed E-state index contributed by atoms with van der Waals surface area (Å²) in [4.78, 5) is 20.6. The summed E-state index contributed by atoms with van der Waals surface area (Å²) in [6.07, 6.45) is 0. The number of hydrogen-bond donors (Lipinski definition) is 2. The third kappa shape index (κ3) is 7.41. The van der Waals surface area contributed by atoms with Crippen molar-refractivity contribution in [3.63, 3.8) is 0 Å². The molecule has 9 heteroatoms. The zero-order chi connectivity index (χ0) is 18.8. The molecule has 2 N–H and O–H groups in total. The van der Waals surface area contributed by atoms with Crippen molar-refractivity contribution in [2.45, 2.75) is 0 Å². The molecule has 0 aromatic heterocycles. The molecule has 0 unspecified atom stereocenters. The van der Waals surface area contributed by atoms with Crippen molar-refractivity contribution in [2.75, 3.05) is 72.0 Å². The first-order chi connectivity index (χ1) is 12.7. The second-order valence-corrected chi connectivity index (χ2v) is 5.92. The standard InChI is InChI=1S/C18H29N5O3.HI/c1-19-18(21-14-17(24)20-7-12-25-2)23-10-8-22(9-11-23)15-5-4-6-16(13-15)26-3;/h4-6,13H,7-12,14H2,1-3H3,(H,19,21)(H,20,24);1H. The van der Waals surface area contributed by atoms with E-state index in [1.54, 1.807) is 21.3 Å². The fourth-order valence-electron chi connectivity index (χ4n) is 2.83. The maximum atomic E-state index is 11.8. The number of rotatable bonds is 7. The Balaban J connectivity index is 0.00000364. The number of benzene rings is 1. The molecule has 1 aliphatic heterocycles. The number of nitrogens with one attached hydrogen (secondary N) is 2. The molecule has 1 amide bonds. The lowest BCUT2D eigenvalue weighted by atomic mass is 10.2. The van der Waals surface area contributed by atoms with Crippen LogP contribution in [0.1, 0.15) is 0 Å². The lowest BCUT2D eigenvalue weighted by Crippen LogP contribution is -2.53. The Kier molecular flexibility index (Phi) is 10.9. The summed E-state index contributed by atoms with van der Waals surface area (Å²) in [7, 11) is 5.02. The number of hydrogen-bond acceptors (Lipinski definition) is 5. The van der Waals surface area contributed by atoms with Gasteiger partial charge in [-0.1, -0.05) is 6.07 Å². The van der Waals surface area contributed by atoms with E-state index in [1.807, 2.05) is 18.2 Å². The maximum Gasteiger partial charge on any atom is 0.239 e. The van der Waals surface area contributed by atoms with Crippen LogP contribution in [0, 0.1) is 0 Å². The number of halogens is 1. The van der Waals surface area contributed by atoms with Gasteiger partial charge in [0.1, 0.15) is 5.75 Å². The van der Waals surface area contributed by atoms with Gasteiger partial charge >= 0.3 is 0 Å². The second-order valence-electron chi connectivity index (χ2n) is 5.92. The number of carbonyl (C=O) groups excluding carboxylic acids is 1. The first-order valence-electron chi connectivity index (χ1n) is 8.78. The lowest BCUT2D eigenvalue weighted by Gasteiger charge is -2.37. The summed E-state index contributed by atoms with van der Waals surface area (Å²) in [5, 5.41) is 5.91. The summed E-state index contributed by atoms with van der Waals surface area (Å²) < 4.78 is 10.2. The third-order valence-electron chi connectivity index (χ3n) is 4.24. The van der Waals surface area contributed by atoms with Crippen LogP contribution in [0.3, 0.4) is 0 Å². The number of piperazine rings is 1. The van der Waals surface area contributed by atoms with Gasteiger partial charge in [0.15, 0.2) is 5.96 Å². The monoisotopic (exact) mass is 491 g/mol. The van der Waals surface area contributed by atoms with Crippen LogP contribution < -0.4 is 20.3 Å². The molecule has 1 aliphatic rings. The summed E-state index contributed by atoms with van der Waals surface area (Å²) >= 11 is 0. The summed E-state index contributed by atoms with van der Waals surface area (Å²) in [5.41, 5.74) is 1.16. The van der Waals surface area contributed by atoms with Crippen molar-refractivity contribution in [3.05, 3.63) is 24.3 Å². The van der Waals surface area contributed by atoms with Gasteiger partial charge in [-0.25, -0.2) is 0 Å². The third-order valence-corrected chi connectivity index (χ3v) is 4.24. The molecule has 0 spiro atoms. The lowest BCUT2D eigenvalue weighted by molar-refractivity contribution is -0.120. The molecule has 0 atom stereocenters. The number of amides is 1. The zero-order valence-corrected chi connectivity index (χ0v) is 18.6. The van der Waals surface area contributed by atoms with E-state index >= 15 is 0 Å². The highest BCUT2D eigenvalue weighted by Gasteiger charge is 2.20. The fourth-order valence-corrected chi connectivity index (χ4v) is 2.83. The minimum Gasteiger partial charge on any atom is -0.497 e. The SMILES string of the molecule is CN=C(NCC(=O)NCCOC)N1CCN(c2cccc(OC)c2)CC1.I. The number of aliphatic imine (C=N–C) groups is 1. The average Bonchev–Trinajstić information content (AvgIpc) is 2.69. The zero-order valence-electron chi connectivity index (χ0n) is 16.2. The predicted molar refractivity (Wildman–Crippen MR) is 118 cm³/mol. The Labute approximate surface area is 178 Å². The topological polar surface area (TPSA) is 78.4 Å². The first kappa shape index (κ1) is 23.3. The van der Waals surface area contributed by atoms with E-state index in [-0.39, 0.29) is 36.4 Å². The number of ether oxygens (including phenoxy) is 2. The molecule has 2 rings (SSSR count). The molecule has 1 aromatic carbocycles. The maximum absolute atomic E-state index is 11.8. The molecular formula is C18H30IN5O3. The van der Waals surface area contributed by atoms with E-state index in [2.05, 4.69) is 31.5 Å². The minimum absolute atomic E-state index is 0. The molecule has 0 radical (unpaired) electrons. The summed E-state index contributed by atoms with van der Waals surface area (Å²) in [6.45, 7) is 4.65. The molecule has 0 saturated carbocycles. The van der Waals surface area contributed by atoms with Crippen LogP contribution in [-0.2, 0) is 9.53 Å². The summed E-state index contributed by atoms with van der Waals surface area (Å²) in [5.74, 6) is 1.54. The van der Waals surface area contributed by atoms with Crippen LogP contribution in [-0.4, -0.2) is 83.9 Å². The highest BCUT2D eigenvalue weighted by Crippen LogP contribution is 2.22. The predicted octanol–water partition coefficient (Wildman–Crippen LogP) is 0.773. The fraction of sp³-hybridized carbons (Fsp3) is 0.556. The van der Waals surface area contributed by atoms with Crippen molar-refractivity contribution in [2.24, 2.45) is 4.99 Å². The van der Waals surface area contributed by atoms with Crippen LogP contribution in [0.4, 0.5) is 5.69 Å². The quantitative estimate of drug-likeness (QED) is 0.254. The normalized spacial score (nSPS) is 14.4. The molecule has 27 heavy (non-hydrogen) atoms. The van der Waals surface area contributed by atoms with E-state index in [0.29, 0.717) is 13.2 Å². The summed E-state index contributed by atoms with van der Waals surface area (Å²) in [6, 6.07) is 8.09. The van der Waals surface area contributed by atoms with E-state index in [4.69, 9.17) is 9.47 Å². The second kappa shape index (κ2) is 12.6. The van der Waals surface area contributed by atoms with Crippen LogP contribution >= 0.6 is 24.0 Å². The first-order valence-corrected chi connectivity index (χ1v) is 8.78. The van der Waals surface area contributed by atoms with Gasteiger partial charge in [-0.15, -0.1) is 24.0 Å². The highest BCUT2D eigenvalue weighted by molar-refractivity contribution is 14.0. The number of anilines is 1. The van der Waals surface area contributed by atoms with Gasteiger partial charge in [-0.05, 0) is 12.1 Å². The largest absolute Gasteiger partial charge is 0.497 e. The number of carbonyl (C=O) groups is 1. The Bertz CT molecular complexity index is 606. The van der Waals surface area contributed by atoms with Gasteiger partial charge in [-0.3, -0.25) is 9.79 Å². The highest BCUT2D eigenvalue weighted by atomic mass is 127. The Morgan fingerprint density at radius 3 is 2.56 bits per heavy atom. The number of guanidine groups is 1. The Morgan fingerprint density at radius 2 is 1.93 bits per heavy atom. The van der Waals surface area contributed by atoms with Crippen molar-refractivity contribution < 1.29 is 14.3 Å². The van der Waals surface area contributed by atoms with Gasteiger partial charge in [-0.2, -0.15) is 0 Å². The molecule has 0 aliphatic carbocycles. The smallest absolute Gasteiger partial charge is 0.239 e. The van der Waals surface area contributed by atoms with Gasteiger partial charge in [0.25, 0.3) is 0 Å². The van der Waals surface area contributed by atoms with Crippen molar-refractivity contribution in [1.82, 2.24) is 15.5 Å². The van der Waals surface area contributed by atoms with E-state index in [9.17, 15) is 4.79 Å². The van der Waals surface area contributed by atoms with E-state index in [1.165, 1.54) is 0 Å². The Hall–Kier alpha value is -1.75. The van der Waals surface area contributed by atoms with Crippen LogP contribution in [0.25, 0.3) is 0 Å². The molecule has 1 heterocycles. The van der Waals surface area contributed by atoms with Crippen molar-refractivity contribution in [3.8, 4) is 5.75 Å². The molecule has 1 aromatic rings. The molecule has 1 fully saturated rings. The molecule has 8 nitrogen and oxygen atoms in total. The van der Waals surface area contributed by atoms with E-state index in [0.717, 1.165) is 43.6 Å². The number of nitrogens with zero attached hydrogens (tertiary/aromatic N) is 3.